The molecule has 36 heavy (non-hydrogen) atoms. The van der Waals surface area contributed by atoms with Gasteiger partial charge < -0.3 is 0 Å². The Hall–Kier alpha value is -4.12. The van der Waals surface area contributed by atoms with Crippen LogP contribution in [0.15, 0.2) is 121 Å². The van der Waals surface area contributed by atoms with Crippen molar-refractivity contribution in [1.82, 2.24) is 0 Å². The summed E-state index contributed by atoms with van der Waals surface area (Å²) in [5.74, 6) is 0. The van der Waals surface area contributed by atoms with E-state index in [9.17, 15) is 0 Å². The summed E-state index contributed by atoms with van der Waals surface area (Å²) in [6.07, 6.45) is 14.9. The van der Waals surface area contributed by atoms with Crippen molar-refractivity contribution < 1.29 is 0 Å². The summed E-state index contributed by atoms with van der Waals surface area (Å²) in [5, 5.41) is 0. The Morgan fingerprint density at radius 2 is 1.56 bits per heavy atom. The Labute approximate surface area is 216 Å². The van der Waals surface area contributed by atoms with Crippen LogP contribution in [0.25, 0.3) is 28.3 Å². The molecule has 1 aliphatic rings. The maximum Gasteiger partial charge on any atom is -0.00658 e. The lowest BCUT2D eigenvalue weighted by atomic mass is 9.81. The van der Waals surface area contributed by atoms with Crippen LogP contribution in [-0.4, -0.2) is 0 Å². The van der Waals surface area contributed by atoms with Gasteiger partial charge in [-0.25, -0.2) is 0 Å². The zero-order chi connectivity index (χ0) is 25.7. The van der Waals surface area contributed by atoms with E-state index in [-0.39, 0.29) is 0 Å². The van der Waals surface area contributed by atoms with E-state index in [1.165, 1.54) is 55.7 Å². The Kier molecular flexibility index (Phi) is 7.69. The van der Waals surface area contributed by atoms with Gasteiger partial charge in [-0.05, 0) is 126 Å². The molecule has 178 valence electrons. The maximum atomic E-state index is 4.24. The van der Waals surface area contributed by atoms with Crippen LogP contribution in [-0.2, 0) is 0 Å². The first-order valence-electron chi connectivity index (χ1n) is 12.5. The van der Waals surface area contributed by atoms with Gasteiger partial charge in [0.15, 0.2) is 0 Å². The summed E-state index contributed by atoms with van der Waals surface area (Å²) in [5.41, 5.74) is 18.1. The summed E-state index contributed by atoms with van der Waals surface area (Å²) in [4.78, 5) is 0. The fourth-order valence-electron chi connectivity index (χ4n) is 5.04. The molecule has 0 aromatic heterocycles. The fraction of sp³-hybridized carbons (Fsp3) is 0.139. The van der Waals surface area contributed by atoms with Gasteiger partial charge in [0.2, 0.25) is 0 Å². The minimum absolute atomic E-state index is 1.11. The molecular formula is C36H34. The average Bonchev–Trinajstić information content (AvgIpc) is 3.29. The highest BCUT2D eigenvalue weighted by atomic mass is 14.2. The third-order valence-corrected chi connectivity index (χ3v) is 6.76. The van der Waals surface area contributed by atoms with Crippen molar-refractivity contribution >= 4 is 17.2 Å². The first-order chi connectivity index (χ1) is 17.4. The molecule has 3 aromatic carbocycles. The molecule has 0 atom stereocenters. The van der Waals surface area contributed by atoms with Crippen LogP contribution < -0.4 is 0 Å². The predicted octanol–water partition coefficient (Wildman–Crippen LogP) is 10.0. The second kappa shape index (κ2) is 11.1. The van der Waals surface area contributed by atoms with Gasteiger partial charge in [0, 0.05) is 0 Å². The molecule has 1 aliphatic carbocycles. The van der Waals surface area contributed by atoms with E-state index in [0.717, 1.165) is 11.1 Å². The quantitative estimate of drug-likeness (QED) is 0.240. The lowest BCUT2D eigenvalue weighted by Gasteiger charge is -2.22. The molecule has 0 saturated carbocycles. The second-order valence-electron chi connectivity index (χ2n) is 9.34. The molecule has 0 N–H and O–H groups in total. The highest BCUT2D eigenvalue weighted by Gasteiger charge is 2.20. The summed E-state index contributed by atoms with van der Waals surface area (Å²) >= 11 is 0. The largest absolute Gasteiger partial charge is 0.120 e. The van der Waals surface area contributed by atoms with Gasteiger partial charge in [-0.3, -0.25) is 0 Å². The Bertz CT molecular complexity index is 1490. The molecule has 4 rings (SSSR count). The summed E-state index contributed by atoms with van der Waals surface area (Å²) in [6.45, 7) is 15.1. The van der Waals surface area contributed by atoms with Crippen LogP contribution in [0.4, 0.5) is 0 Å². The fourth-order valence-corrected chi connectivity index (χ4v) is 5.04. The first kappa shape index (κ1) is 25.0. The SMILES string of the molecule is C=C\C(=C/C(/C=C\C)=C/c1ccccc1)c1cc(C)c(C2=C(C)C=C=C2)c(C)c1-c1ccccc1C. The minimum atomic E-state index is 1.11. The van der Waals surface area contributed by atoms with Crippen molar-refractivity contribution in [3.63, 3.8) is 0 Å². The highest BCUT2D eigenvalue weighted by molar-refractivity contribution is 5.94. The molecule has 0 amide bonds. The maximum absolute atomic E-state index is 4.24. The average molecular weight is 467 g/mol. The third kappa shape index (κ3) is 5.10. The van der Waals surface area contributed by atoms with Gasteiger partial charge in [-0.1, -0.05) is 85.5 Å². The van der Waals surface area contributed by atoms with E-state index in [0.29, 0.717) is 0 Å². The number of benzene rings is 3. The molecule has 0 bridgehead atoms. The third-order valence-electron chi connectivity index (χ3n) is 6.76. The van der Waals surface area contributed by atoms with Crippen LogP contribution in [0.1, 0.15) is 47.2 Å². The van der Waals surface area contributed by atoms with Crippen molar-refractivity contribution in [2.75, 3.05) is 0 Å². The molecule has 0 fully saturated rings. The summed E-state index contributed by atoms with van der Waals surface area (Å²) in [7, 11) is 0. The first-order valence-corrected chi connectivity index (χ1v) is 12.5. The van der Waals surface area contributed by atoms with E-state index in [1.54, 1.807) is 0 Å². The number of allylic oxidation sites excluding steroid dienone is 9. The van der Waals surface area contributed by atoms with Gasteiger partial charge >= 0.3 is 0 Å². The van der Waals surface area contributed by atoms with Crippen molar-refractivity contribution in [2.45, 2.75) is 34.6 Å². The molecule has 0 radical (unpaired) electrons. The van der Waals surface area contributed by atoms with Crippen LogP contribution in [0, 0.1) is 20.8 Å². The standard InChI is InChI=1S/C36H34/c1-7-15-30(23-29-18-10-9-11-19-29)24-31(8-2)34-22-27(5)35(32-21-14-17-26(32)4)28(6)36(34)33-20-13-12-16-25(33)3/h7-13,15-24H,2H2,1,3-6H3/b15-7-,30-23+,31-24+. The van der Waals surface area contributed by atoms with Crippen LogP contribution in [0.5, 0.6) is 0 Å². The molecule has 0 heteroatoms. The molecule has 0 saturated heterocycles. The topological polar surface area (TPSA) is 0 Å². The van der Waals surface area contributed by atoms with Crippen LogP contribution in [0.3, 0.4) is 0 Å². The number of rotatable bonds is 7. The van der Waals surface area contributed by atoms with Crippen molar-refractivity contribution in [1.29, 1.82) is 0 Å². The normalized spacial score (nSPS) is 13.8. The zero-order valence-electron chi connectivity index (χ0n) is 22.0. The number of aryl methyl sites for hydroxylation is 2. The molecule has 0 heterocycles. The zero-order valence-corrected chi connectivity index (χ0v) is 22.0. The highest BCUT2D eigenvalue weighted by Crippen LogP contribution is 2.41. The van der Waals surface area contributed by atoms with E-state index in [1.807, 2.05) is 12.1 Å². The van der Waals surface area contributed by atoms with E-state index in [4.69, 9.17) is 0 Å². The van der Waals surface area contributed by atoms with Crippen LogP contribution in [0.2, 0.25) is 0 Å². The van der Waals surface area contributed by atoms with Gasteiger partial charge in [-0.2, -0.15) is 0 Å². The van der Waals surface area contributed by atoms with Crippen LogP contribution >= 0.6 is 0 Å². The van der Waals surface area contributed by atoms with E-state index >= 15 is 0 Å². The number of hydrogen-bond donors (Lipinski definition) is 0. The van der Waals surface area contributed by atoms with E-state index in [2.05, 4.69) is 138 Å². The molecule has 3 aromatic rings. The van der Waals surface area contributed by atoms with Gasteiger partial charge in [0.25, 0.3) is 0 Å². The van der Waals surface area contributed by atoms with Gasteiger partial charge in [0.1, 0.15) is 0 Å². The van der Waals surface area contributed by atoms with Gasteiger partial charge in [-0.15, -0.1) is 5.73 Å². The molecule has 0 unspecified atom stereocenters. The Morgan fingerprint density at radius 1 is 0.833 bits per heavy atom. The summed E-state index contributed by atoms with van der Waals surface area (Å²) in [6, 6.07) is 21.4. The van der Waals surface area contributed by atoms with Crippen molar-refractivity contribution in [3.05, 3.63) is 154 Å². The lowest BCUT2D eigenvalue weighted by Crippen LogP contribution is -2.02. The monoisotopic (exact) mass is 466 g/mol. The molecule has 0 nitrogen and oxygen atoms in total. The molecule has 0 spiro atoms. The molecule has 0 aliphatic heterocycles. The Morgan fingerprint density at radius 3 is 2.19 bits per heavy atom. The van der Waals surface area contributed by atoms with E-state index < -0.39 is 0 Å². The van der Waals surface area contributed by atoms with Crippen molar-refractivity contribution in [2.24, 2.45) is 0 Å². The van der Waals surface area contributed by atoms with Gasteiger partial charge in [0.05, 0.1) is 0 Å². The molecular weight excluding hydrogens is 432 g/mol. The second-order valence-corrected chi connectivity index (χ2v) is 9.34. The van der Waals surface area contributed by atoms with Crippen molar-refractivity contribution in [3.8, 4) is 11.1 Å². The minimum Gasteiger partial charge on any atom is -0.120 e. The lowest BCUT2D eigenvalue weighted by molar-refractivity contribution is 1.31. The summed E-state index contributed by atoms with van der Waals surface area (Å²) < 4.78 is 0. The Balaban J connectivity index is 2.01. The predicted molar refractivity (Wildman–Crippen MR) is 159 cm³/mol. The number of hydrogen-bond acceptors (Lipinski definition) is 0. The smallest absolute Gasteiger partial charge is 0.00658 e.